The summed E-state index contributed by atoms with van der Waals surface area (Å²) in [6.07, 6.45) is 6.62. The highest BCUT2D eigenvalue weighted by Crippen LogP contribution is 2.29. The summed E-state index contributed by atoms with van der Waals surface area (Å²) in [6.45, 7) is 4.21. The van der Waals surface area contributed by atoms with Crippen molar-refractivity contribution < 1.29 is 0 Å². The third kappa shape index (κ3) is 2.84. The van der Waals surface area contributed by atoms with Gasteiger partial charge in [-0.05, 0) is 44.0 Å². The highest BCUT2D eigenvalue weighted by Gasteiger charge is 2.28. The van der Waals surface area contributed by atoms with Crippen LogP contribution in [0.25, 0.3) is 5.69 Å². The largest absolute Gasteiger partial charge is 0.315 e. The second-order valence-electron chi connectivity index (χ2n) is 7.37. The Morgan fingerprint density at radius 3 is 2.85 bits per heavy atom. The highest BCUT2D eigenvalue weighted by molar-refractivity contribution is 5.32. The van der Waals surface area contributed by atoms with Gasteiger partial charge in [0.15, 0.2) is 0 Å². The first kappa shape index (κ1) is 15.8. The number of aromatic nitrogens is 5. The van der Waals surface area contributed by atoms with Gasteiger partial charge in [-0.1, -0.05) is 18.2 Å². The van der Waals surface area contributed by atoms with E-state index in [1.54, 1.807) is 0 Å². The van der Waals surface area contributed by atoms with E-state index >= 15 is 0 Å². The molecule has 2 aliphatic rings. The summed E-state index contributed by atoms with van der Waals surface area (Å²) in [5.74, 6) is 2.88. The molecule has 1 fully saturated rings. The second-order valence-corrected chi connectivity index (χ2v) is 7.37. The Kier molecular flexibility index (Phi) is 4.05. The van der Waals surface area contributed by atoms with Crippen LogP contribution in [0.5, 0.6) is 0 Å². The first-order chi connectivity index (χ1) is 12.9. The molecule has 0 unspecified atom stereocenters. The summed E-state index contributed by atoms with van der Waals surface area (Å²) in [6, 6.07) is 12.5. The van der Waals surface area contributed by atoms with Crippen molar-refractivity contribution in [1.29, 1.82) is 0 Å². The van der Waals surface area contributed by atoms with Gasteiger partial charge in [-0.15, -0.1) is 10.2 Å². The summed E-state index contributed by atoms with van der Waals surface area (Å²) in [5, 5.41) is 13.5. The number of rotatable bonds is 4. The van der Waals surface area contributed by atoms with Crippen molar-refractivity contribution >= 4 is 0 Å². The molecular formula is C20H24N6. The van der Waals surface area contributed by atoms with Gasteiger partial charge in [0.05, 0.1) is 11.4 Å². The van der Waals surface area contributed by atoms with Gasteiger partial charge < -0.3 is 4.57 Å². The topological polar surface area (TPSA) is 51.8 Å². The lowest BCUT2D eigenvalue weighted by Crippen LogP contribution is -2.35. The fourth-order valence-corrected chi connectivity index (χ4v) is 4.37. The third-order valence-electron chi connectivity index (χ3n) is 5.62. The van der Waals surface area contributed by atoms with Gasteiger partial charge in [-0.2, -0.15) is 5.10 Å². The van der Waals surface area contributed by atoms with Crippen LogP contribution in [0.4, 0.5) is 0 Å². The van der Waals surface area contributed by atoms with Gasteiger partial charge in [0, 0.05) is 38.2 Å². The average molecular weight is 348 g/mol. The van der Waals surface area contributed by atoms with Crippen molar-refractivity contribution in [3.63, 3.8) is 0 Å². The number of nitrogens with zero attached hydrogens (tertiary/aromatic N) is 6. The van der Waals surface area contributed by atoms with Crippen LogP contribution in [0, 0.1) is 0 Å². The molecule has 3 aromatic rings. The fourth-order valence-electron chi connectivity index (χ4n) is 4.37. The molecule has 1 aromatic carbocycles. The quantitative estimate of drug-likeness (QED) is 0.727. The monoisotopic (exact) mass is 348 g/mol. The zero-order valence-corrected chi connectivity index (χ0v) is 15.0. The Balaban J connectivity index is 1.33. The van der Waals surface area contributed by atoms with Crippen molar-refractivity contribution in [2.75, 3.05) is 13.1 Å². The van der Waals surface area contributed by atoms with Crippen molar-refractivity contribution in [1.82, 2.24) is 29.4 Å². The average Bonchev–Trinajstić information content (AvgIpc) is 3.39. The number of likely N-dealkylation sites (tertiary alicyclic amines) is 1. The van der Waals surface area contributed by atoms with Gasteiger partial charge in [0.2, 0.25) is 0 Å². The van der Waals surface area contributed by atoms with Crippen molar-refractivity contribution in [2.24, 2.45) is 0 Å². The molecule has 0 amide bonds. The first-order valence-electron chi connectivity index (χ1n) is 9.61. The molecule has 0 aliphatic carbocycles. The molecule has 2 aliphatic heterocycles. The minimum Gasteiger partial charge on any atom is -0.315 e. The molecule has 2 aromatic heterocycles. The van der Waals surface area contributed by atoms with E-state index < -0.39 is 0 Å². The summed E-state index contributed by atoms with van der Waals surface area (Å²) < 4.78 is 4.42. The van der Waals surface area contributed by atoms with Gasteiger partial charge in [0.1, 0.15) is 11.6 Å². The Hall–Kier alpha value is -2.47. The maximum atomic E-state index is 4.53. The minimum atomic E-state index is 0.496. The zero-order chi connectivity index (χ0) is 17.3. The van der Waals surface area contributed by atoms with Crippen LogP contribution in [-0.4, -0.2) is 42.5 Å². The molecule has 0 spiro atoms. The van der Waals surface area contributed by atoms with E-state index in [1.807, 2.05) is 12.3 Å². The molecule has 6 nitrogen and oxygen atoms in total. The lowest BCUT2D eigenvalue weighted by Gasteiger charge is -2.32. The van der Waals surface area contributed by atoms with Gasteiger partial charge >= 0.3 is 0 Å². The normalized spacial score (nSPS) is 20.4. The lowest BCUT2D eigenvalue weighted by molar-refractivity contribution is 0.191. The highest BCUT2D eigenvalue weighted by atomic mass is 15.3. The van der Waals surface area contributed by atoms with Crippen LogP contribution >= 0.6 is 0 Å². The molecule has 0 saturated carbocycles. The van der Waals surface area contributed by atoms with Crippen LogP contribution in [0.3, 0.4) is 0 Å². The van der Waals surface area contributed by atoms with E-state index in [2.05, 4.69) is 59.8 Å². The Bertz CT molecular complexity index is 881. The van der Waals surface area contributed by atoms with E-state index in [9.17, 15) is 0 Å². The molecule has 0 N–H and O–H groups in total. The van der Waals surface area contributed by atoms with Gasteiger partial charge in [0.25, 0.3) is 0 Å². The summed E-state index contributed by atoms with van der Waals surface area (Å²) in [4.78, 5) is 2.54. The SMILES string of the molecule is c1ccc(-n2nccc2CN2CCC[C@H](c3nnc4n3CCC4)C2)cc1. The molecule has 134 valence electrons. The lowest BCUT2D eigenvalue weighted by atomic mass is 9.97. The third-order valence-corrected chi connectivity index (χ3v) is 5.62. The Morgan fingerprint density at radius 1 is 1.00 bits per heavy atom. The van der Waals surface area contributed by atoms with Crippen LogP contribution in [0.15, 0.2) is 42.6 Å². The van der Waals surface area contributed by atoms with E-state index in [-0.39, 0.29) is 0 Å². The smallest absolute Gasteiger partial charge is 0.137 e. The van der Waals surface area contributed by atoms with Crippen LogP contribution in [0.2, 0.25) is 0 Å². The molecule has 4 heterocycles. The number of piperidine rings is 1. The van der Waals surface area contributed by atoms with E-state index in [1.165, 1.54) is 36.6 Å². The number of benzene rings is 1. The number of hydrogen-bond acceptors (Lipinski definition) is 4. The maximum Gasteiger partial charge on any atom is 0.137 e. The van der Waals surface area contributed by atoms with Crippen molar-refractivity contribution in [3.05, 3.63) is 59.9 Å². The van der Waals surface area contributed by atoms with Crippen LogP contribution in [-0.2, 0) is 19.5 Å². The van der Waals surface area contributed by atoms with Gasteiger partial charge in [-0.25, -0.2) is 4.68 Å². The predicted molar refractivity (Wildman–Crippen MR) is 99.2 cm³/mol. The minimum absolute atomic E-state index is 0.496. The standard InChI is InChI=1S/C20H24N6/c1-2-7-17(8-3-1)26-18(10-11-21-26)15-24-12-4-6-16(14-24)20-23-22-19-9-5-13-25(19)20/h1-3,7-8,10-11,16H,4-6,9,12-15H2/t16-/m0/s1. The zero-order valence-electron chi connectivity index (χ0n) is 15.0. The summed E-state index contributed by atoms with van der Waals surface area (Å²) in [7, 11) is 0. The predicted octanol–water partition coefficient (Wildman–Crippen LogP) is 2.79. The number of para-hydroxylation sites is 1. The van der Waals surface area contributed by atoms with E-state index in [4.69, 9.17) is 0 Å². The fraction of sp³-hybridized carbons (Fsp3) is 0.450. The molecule has 26 heavy (non-hydrogen) atoms. The van der Waals surface area contributed by atoms with Crippen molar-refractivity contribution in [3.8, 4) is 5.69 Å². The molecule has 1 atom stereocenters. The molecule has 1 saturated heterocycles. The van der Waals surface area contributed by atoms with Gasteiger partial charge in [-0.3, -0.25) is 4.90 Å². The Morgan fingerprint density at radius 2 is 1.92 bits per heavy atom. The second kappa shape index (κ2) is 6.68. The number of hydrogen-bond donors (Lipinski definition) is 0. The van der Waals surface area contributed by atoms with Crippen LogP contribution < -0.4 is 0 Å². The van der Waals surface area contributed by atoms with E-state index in [0.717, 1.165) is 38.3 Å². The van der Waals surface area contributed by atoms with Crippen molar-refractivity contribution in [2.45, 2.75) is 44.7 Å². The summed E-state index contributed by atoms with van der Waals surface area (Å²) >= 11 is 0. The molecule has 5 rings (SSSR count). The molecule has 6 heteroatoms. The maximum absolute atomic E-state index is 4.53. The molecule has 0 bridgehead atoms. The first-order valence-corrected chi connectivity index (χ1v) is 9.61. The molecule has 0 radical (unpaired) electrons. The number of aryl methyl sites for hydroxylation is 1. The number of fused-ring (bicyclic) bond motifs is 1. The van der Waals surface area contributed by atoms with Crippen LogP contribution in [0.1, 0.15) is 42.5 Å². The Labute approximate surface area is 153 Å². The molecular weight excluding hydrogens is 324 g/mol. The van der Waals surface area contributed by atoms with E-state index in [0.29, 0.717) is 5.92 Å². The summed E-state index contributed by atoms with van der Waals surface area (Å²) in [5.41, 5.74) is 2.36.